The zero-order chi connectivity index (χ0) is 14.8. The number of halogens is 2. The highest BCUT2D eigenvalue weighted by Gasteiger charge is 2.38. The number of carboxylic acids is 1. The van der Waals surface area contributed by atoms with E-state index >= 15 is 0 Å². The third-order valence-electron chi connectivity index (χ3n) is 2.94. The molecular weight excluding hydrogens is 256 g/mol. The zero-order valence-corrected chi connectivity index (χ0v) is 10.9. The van der Waals surface area contributed by atoms with Crippen LogP contribution in [0.4, 0.5) is 8.78 Å². The maximum absolute atomic E-state index is 13.6. The van der Waals surface area contributed by atoms with Crippen LogP contribution in [0.25, 0.3) is 0 Å². The second kappa shape index (κ2) is 5.34. The van der Waals surface area contributed by atoms with Gasteiger partial charge in [0.05, 0.1) is 5.56 Å². The molecule has 1 N–H and O–H groups in total. The minimum Gasteiger partial charge on any atom is -0.480 e. The molecule has 1 amide bonds. The van der Waals surface area contributed by atoms with E-state index in [0.717, 1.165) is 17.0 Å². The zero-order valence-electron chi connectivity index (χ0n) is 10.9. The van der Waals surface area contributed by atoms with E-state index in [9.17, 15) is 18.4 Å². The van der Waals surface area contributed by atoms with Crippen molar-refractivity contribution in [3.63, 3.8) is 0 Å². The van der Waals surface area contributed by atoms with E-state index in [2.05, 4.69) is 0 Å². The molecule has 0 bridgehead atoms. The van der Waals surface area contributed by atoms with Gasteiger partial charge in [-0.25, -0.2) is 13.6 Å². The molecule has 1 rings (SSSR count). The second-order valence-electron chi connectivity index (χ2n) is 4.51. The fourth-order valence-electron chi connectivity index (χ4n) is 1.72. The number of benzene rings is 1. The molecule has 0 saturated heterocycles. The first-order valence-corrected chi connectivity index (χ1v) is 5.72. The van der Waals surface area contributed by atoms with Crippen molar-refractivity contribution >= 4 is 11.9 Å². The van der Waals surface area contributed by atoms with Crippen molar-refractivity contribution in [1.82, 2.24) is 4.90 Å². The Bertz CT molecular complexity index is 515. The summed E-state index contributed by atoms with van der Waals surface area (Å²) in [6, 6.07) is 3.22. The molecule has 0 spiro atoms. The molecule has 0 radical (unpaired) electrons. The Morgan fingerprint density at radius 3 is 2.37 bits per heavy atom. The average Bonchev–Trinajstić information content (AvgIpc) is 2.32. The van der Waals surface area contributed by atoms with Crippen molar-refractivity contribution in [3.05, 3.63) is 35.4 Å². The van der Waals surface area contributed by atoms with Gasteiger partial charge in [-0.3, -0.25) is 4.79 Å². The molecule has 19 heavy (non-hydrogen) atoms. The molecule has 0 aliphatic carbocycles. The van der Waals surface area contributed by atoms with E-state index < -0.39 is 34.6 Å². The maximum atomic E-state index is 13.6. The quantitative estimate of drug-likeness (QED) is 0.914. The standard InChI is InChI=1S/C13H15F2NO3/c1-4-16(13(2,3)12(18)19)11(17)8-6-5-7-9(14)10(8)15/h5-7H,4H2,1-3H3,(H,18,19). The first-order valence-electron chi connectivity index (χ1n) is 5.72. The highest BCUT2D eigenvalue weighted by Crippen LogP contribution is 2.20. The van der Waals surface area contributed by atoms with Crippen molar-refractivity contribution in [1.29, 1.82) is 0 Å². The van der Waals surface area contributed by atoms with Crippen molar-refractivity contribution in [3.8, 4) is 0 Å². The third kappa shape index (κ3) is 2.72. The molecule has 0 heterocycles. The number of rotatable bonds is 4. The fraction of sp³-hybridized carbons (Fsp3) is 0.385. The van der Waals surface area contributed by atoms with E-state index in [4.69, 9.17) is 5.11 Å². The van der Waals surface area contributed by atoms with Gasteiger partial charge in [0.25, 0.3) is 5.91 Å². The number of hydrogen-bond donors (Lipinski definition) is 1. The smallest absolute Gasteiger partial charge is 0.329 e. The molecule has 104 valence electrons. The third-order valence-corrected chi connectivity index (χ3v) is 2.94. The number of carbonyl (C=O) groups excluding carboxylic acids is 1. The minimum absolute atomic E-state index is 0.0636. The lowest BCUT2D eigenvalue weighted by atomic mass is 10.0. The summed E-state index contributed by atoms with van der Waals surface area (Å²) in [7, 11) is 0. The number of hydrogen-bond acceptors (Lipinski definition) is 2. The van der Waals surface area contributed by atoms with Crippen LogP contribution < -0.4 is 0 Å². The number of carboxylic acid groups (broad SMARTS) is 1. The van der Waals surface area contributed by atoms with E-state index in [1.165, 1.54) is 19.9 Å². The Balaban J connectivity index is 3.24. The summed E-state index contributed by atoms with van der Waals surface area (Å²) in [6.45, 7) is 4.29. The van der Waals surface area contributed by atoms with Crippen LogP contribution in [0.5, 0.6) is 0 Å². The second-order valence-corrected chi connectivity index (χ2v) is 4.51. The van der Waals surface area contributed by atoms with Gasteiger partial charge in [0.15, 0.2) is 11.6 Å². The Morgan fingerprint density at radius 1 is 1.32 bits per heavy atom. The van der Waals surface area contributed by atoms with Crippen molar-refractivity contribution in [2.75, 3.05) is 6.54 Å². The monoisotopic (exact) mass is 271 g/mol. The summed E-state index contributed by atoms with van der Waals surface area (Å²) in [5.74, 6) is -4.49. The summed E-state index contributed by atoms with van der Waals surface area (Å²) in [5.41, 5.74) is -1.99. The average molecular weight is 271 g/mol. The SMILES string of the molecule is CCN(C(=O)c1cccc(F)c1F)C(C)(C)C(=O)O. The summed E-state index contributed by atoms with van der Waals surface area (Å²) in [4.78, 5) is 24.3. The van der Waals surface area contributed by atoms with Crippen molar-refractivity contribution < 1.29 is 23.5 Å². The van der Waals surface area contributed by atoms with Crippen molar-refractivity contribution in [2.45, 2.75) is 26.3 Å². The molecule has 4 nitrogen and oxygen atoms in total. The summed E-state index contributed by atoms with van der Waals surface area (Å²) in [6.07, 6.45) is 0. The van der Waals surface area contributed by atoms with Crippen LogP contribution in [0.3, 0.4) is 0 Å². The van der Waals surface area contributed by atoms with Crippen LogP contribution >= 0.6 is 0 Å². The molecule has 0 aromatic heterocycles. The Labute approximate surface area is 109 Å². The van der Waals surface area contributed by atoms with E-state index in [1.807, 2.05) is 0 Å². The lowest BCUT2D eigenvalue weighted by Gasteiger charge is -2.34. The summed E-state index contributed by atoms with van der Waals surface area (Å²) >= 11 is 0. The Hall–Kier alpha value is -1.98. The van der Waals surface area contributed by atoms with E-state index in [0.29, 0.717) is 0 Å². The van der Waals surface area contributed by atoms with Gasteiger partial charge < -0.3 is 10.0 Å². The lowest BCUT2D eigenvalue weighted by Crippen LogP contribution is -2.53. The lowest BCUT2D eigenvalue weighted by molar-refractivity contribution is -0.147. The number of amides is 1. The van der Waals surface area contributed by atoms with Gasteiger partial charge in [0, 0.05) is 6.54 Å². The fourth-order valence-corrected chi connectivity index (χ4v) is 1.72. The first kappa shape index (κ1) is 15.1. The van der Waals surface area contributed by atoms with Crippen LogP contribution in [-0.4, -0.2) is 34.0 Å². The molecule has 1 aromatic carbocycles. The highest BCUT2D eigenvalue weighted by atomic mass is 19.2. The molecule has 6 heteroatoms. The predicted octanol–water partition coefficient (Wildman–Crippen LogP) is 2.29. The van der Waals surface area contributed by atoms with Gasteiger partial charge in [-0.1, -0.05) is 6.07 Å². The van der Waals surface area contributed by atoms with Crippen molar-refractivity contribution in [2.24, 2.45) is 0 Å². The Kier molecular flexibility index (Phi) is 4.24. The van der Waals surface area contributed by atoms with Crippen LogP contribution in [0, 0.1) is 11.6 Å². The number of likely N-dealkylation sites (N-methyl/N-ethyl adjacent to an activating group) is 1. The molecule has 0 aliphatic rings. The number of aliphatic carboxylic acids is 1. The van der Waals surface area contributed by atoms with Gasteiger partial charge in [0.2, 0.25) is 0 Å². The number of carbonyl (C=O) groups is 2. The topological polar surface area (TPSA) is 57.6 Å². The normalized spacial score (nSPS) is 11.2. The molecular formula is C13H15F2NO3. The van der Waals surface area contributed by atoms with Gasteiger partial charge in [-0.15, -0.1) is 0 Å². The van der Waals surface area contributed by atoms with Gasteiger partial charge in [-0.2, -0.15) is 0 Å². The summed E-state index contributed by atoms with van der Waals surface area (Å²) < 4.78 is 26.7. The highest BCUT2D eigenvalue weighted by molar-refractivity contribution is 5.97. The molecule has 0 fully saturated rings. The molecule has 0 saturated carbocycles. The number of nitrogens with zero attached hydrogens (tertiary/aromatic N) is 1. The molecule has 0 aliphatic heterocycles. The maximum Gasteiger partial charge on any atom is 0.329 e. The van der Waals surface area contributed by atoms with Crippen LogP contribution in [0.15, 0.2) is 18.2 Å². The van der Waals surface area contributed by atoms with E-state index in [1.54, 1.807) is 6.92 Å². The van der Waals surface area contributed by atoms with Gasteiger partial charge >= 0.3 is 5.97 Å². The first-order chi connectivity index (χ1) is 8.73. The largest absolute Gasteiger partial charge is 0.480 e. The van der Waals surface area contributed by atoms with Crippen LogP contribution in [0.1, 0.15) is 31.1 Å². The van der Waals surface area contributed by atoms with Crippen LogP contribution in [-0.2, 0) is 4.79 Å². The summed E-state index contributed by atoms with van der Waals surface area (Å²) in [5, 5.41) is 9.10. The van der Waals surface area contributed by atoms with Crippen LogP contribution in [0.2, 0.25) is 0 Å². The minimum atomic E-state index is -1.51. The van der Waals surface area contributed by atoms with E-state index in [-0.39, 0.29) is 6.54 Å². The van der Waals surface area contributed by atoms with Gasteiger partial charge in [-0.05, 0) is 32.9 Å². The molecule has 1 aromatic rings. The predicted molar refractivity (Wildman–Crippen MR) is 64.8 cm³/mol. The Morgan fingerprint density at radius 2 is 1.89 bits per heavy atom. The molecule has 0 atom stereocenters. The van der Waals surface area contributed by atoms with Gasteiger partial charge in [0.1, 0.15) is 5.54 Å². The molecule has 0 unspecified atom stereocenters.